The number of aryl methyl sites for hydroxylation is 1. The predicted molar refractivity (Wildman–Crippen MR) is 72.5 cm³/mol. The Labute approximate surface area is 110 Å². The fraction of sp³-hybridized carbons (Fsp3) is 0.733. The summed E-state index contributed by atoms with van der Waals surface area (Å²) >= 11 is 0. The molecule has 1 aromatic heterocycles. The van der Waals surface area contributed by atoms with E-state index in [2.05, 4.69) is 35.9 Å². The first kappa shape index (κ1) is 12.2. The zero-order valence-electron chi connectivity index (χ0n) is 11.6. The van der Waals surface area contributed by atoms with Gasteiger partial charge in [0.2, 0.25) is 0 Å². The van der Waals surface area contributed by atoms with Crippen LogP contribution in [0, 0.1) is 5.92 Å². The first-order chi connectivity index (χ1) is 8.76. The number of fused-ring (bicyclic) bond motifs is 1. The van der Waals surface area contributed by atoms with Crippen LogP contribution in [0.25, 0.3) is 0 Å². The van der Waals surface area contributed by atoms with Crippen molar-refractivity contribution >= 4 is 0 Å². The van der Waals surface area contributed by atoms with Crippen LogP contribution < -0.4 is 0 Å². The highest BCUT2D eigenvalue weighted by Gasteiger charge is 2.39. The molecule has 100 valence electrons. The summed E-state index contributed by atoms with van der Waals surface area (Å²) in [5.41, 5.74) is 0. The second kappa shape index (κ2) is 5.06. The molecular formula is C15H24N2O. The molecule has 2 aliphatic heterocycles. The molecule has 3 heterocycles. The molecule has 3 heteroatoms. The maximum absolute atomic E-state index is 5.88. The topological polar surface area (TPSA) is 19.6 Å². The molecular weight excluding hydrogens is 224 g/mol. The van der Waals surface area contributed by atoms with E-state index in [1.807, 2.05) is 0 Å². The number of likely N-dealkylation sites (N-methyl/N-ethyl adjacent to an activating group) is 1. The van der Waals surface area contributed by atoms with Gasteiger partial charge in [0, 0.05) is 25.6 Å². The van der Waals surface area contributed by atoms with Crippen LogP contribution in [-0.4, -0.2) is 42.5 Å². The summed E-state index contributed by atoms with van der Waals surface area (Å²) in [5, 5.41) is 0. The fourth-order valence-corrected chi connectivity index (χ4v) is 3.50. The zero-order chi connectivity index (χ0) is 12.5. The molecule has 2 fully saturated rings. The molecule has 18 heavy (non-hydrogen) atoms. The highest BCUT2D eigenvalue weighted by atomic mass is 16.3. The summed E-state index contributed by atoms with van der Waals surface area (Å²) in [4.78, 5) is 5.08. The van der Waals surface area contributed by atoms with Crippen molar-refractivity contribution in [1.29, 1.82) is 0 Å². The third kappa shape index (κ3) is 2.34. The second-order valence-corrected chi connectivity index (χ2v) is 5.91. The Bertz CT molecular complexity index is 401. The van der Waals surface area contributed by atoms with E-state index >= 15 is 0 Å². The van der Waals surface area contributed by atoms with Crippen molar-refractivity contribution in [2.24, 2.45) is 5.92 Å². The van der Waals surface area contributed by atoms with Crippen molar-refractivity contribution in [3.8, 4) is 0 Å². The van der Waals surface area contributed by atoms with Crippen LogP contribution in [0.3, 0.4) is 0 Å². The van der Waals surface area contributed by atoms with Crippen LogP contribution in [-0.2, 0) is 13.0 Å². The van der Waals surface area contributed by atoms with Gasteiger partial charge in [0.05, 0.1) is 6.54 Å². The van der Waals surface area contributed by atoms with E-state index in [1.54, 1.807) is 0 Å². The Morgan fingerprint density at radius 2 is 2.11 bits per heavy atom. The van der Waals surface area contributed by atoms with Crippen molar-refractivity contribution in [2.75, 3.05) is 26.7 Å². The number of nitrogens with zero attached hydrogens (tertiary/aromatic N) is 2. The van der Waals surface area contributed by atoms with Gasteiger partial charge >= 0.3 is 0 Å². The van der Waals surface area contributed by atoms with Crippen LogP contribution in [0.15, 0.2) is 16.5 Å². The van der Waals surface area contributed by atoms with Gasteiger partial charge in [-0.05, 0) is 44.5 Å². The van der Waals surface area contributed by atoms with Gasteiger partial charge in [0.1, 0.15) is 11.5 Å². The summed E-state index contributed by atoms with van der Waals surface area (Å²) in [6, 6.07) is 5.08. The lowest BCUT2D eigenvalue weighted by molar-refractivity contribution is 0.241. The number of hydrogen-bond acceptors (Lipinski definition) is 3. The van der Waals surface area contributed by atoms with Crippen molar-refractivity contribution < 1.29 is 4.42 Å². The first-order valence-corrected chi connectivity index (χ1v) is 7.26. The van der Waals surface area contributed by atoms with E-state index in [0.717, 1.165) is 42.9 Å². The van der Waals surface area contributed by atoms with Crippen molar-refractivity contribution in [2.45, 2.75) is 38.8 Å². The Morgan fingerprint density at radius 1 is 1.28 bits per heavy atom. The quantitative estimate of drug-likeness (QED) is 0.815. The molecule has 3 rings (SSSR count). The number of hydrogen-bond donors (Lipinski definition) is 0. The van der Waals surface area contributed by atoms with Crippen molar-refractivity contribution in [1.82, 2.24) is 9.80 Å². The van der Waals surface area contributed by atoms with Crippen molar-refractivity contribution in [3.05, 3.63) is 23.7 Å². The SMILES string of the molecule is CCCc1ccc(CN2C[C@@H]3CCN(C)[C@@H]3C2)o1. The van der Waals surface area contributed by atoms with Crippen LogP contribution in [0.4, 0.5) is 0 Å². The molecule has 0 amide bonds. The Hall–Kier alpha value is -0.800. The molecule has 0 aromatic carbocycles. The summed E-state index contributed by atoms with van der Waals surface area (Å²) in [6.45, 7) is 6.93. The standard InChI is InChI=1S/C15H24N2O/c1-3-4-13-5-6-14(18-13)10-17-9-12-7-8-16(2)15(12)11-17/h5-6,12,15H,3-4,7-11H2,1-2H3/t12-,15+/m0/s1. The fourth-order valence-electron chi connectivity index (χ4n) is 3.50. The highest BCUT2D eigenvalue weighted by Crippen LogP contribution is 2.31. The van der Waals surface area contributed by atoms with E-state index in [4.69, 9.17) is 4.42 Å². The van der Waals surface area contributed by atoms with E-state index in [1.165, 1.54) is 26.1 Å². The van der Waals surface area contributed by atoms with Crippen LogP contribution in [0.2, 0.25) is 0 Å². The Kier molecular flexibility index (Phi) is 3.44. The number of likely N-dealkylation sites (tertiary alicyclic amines) is 2. The third-order valence-corrected chi connectivity index (χ3v) is 4.49. The van der Waals surface area contributed by atoms with Crippen molar-refractivity contribution in [3.63, 3.8) is 0 Å². The van der Waals surface area contributed by atoms with E-state index in [9.17, 15) is 0 Å². The molecule has 0 bridgehead atoms. The van der Waals surface area contributed by atoms with E-state index in [0.29, 0.717) is 0 Å². The lowest BCUT2D eigenvalue weighted by Crippen LogP contribution is -2.31. The lowest BCUT2D eigenvalue weighted by atomic mass is 10.1. The monoisotopic (exact) mass is 248 g/mol. The molecule has 0 unspecified atom stereocenters. The van der Waals surface area contributed by atoms with Gasteiger partial charge in [-0.15, -0.1) is 0 Å². The van der Waals surface area contributed by atoms with Gasteiger partial charge in [0.15, 0.2) is 0 Å². The predicted octanol–water partition coefficient (Wildman–Crippen LogP) is 2.37. The average molecular weight is 248 g/mol. The summed E-state index contributed by atoms with van der Waals surface area (Å²) in [6.07, 6.45) is 3.59. The average Bonchev–Trinajstić information content (AvgIpc) is 3.00. The Balaban J connectivity index is 1.57. The maximum Gasteiger partial charge on any atom is 0.118 e. The Morgan fingerprint density at radius 3 is 2.89 bits per heavy atom. The third-order valence-electron chi connectivity index (χ3n) is 4.49. The normalized spacial score (nSPS) is 29.0. The zero-order valence-corrected chi connectivity index (χ0v) is 11.6. The summed E-state index contributed by atoms with van der Waals surface area (Å²) in [7, 11) is 2.26. The minimum Gasteiger partial charge on any atom is -0.465 e. The highest BCUT2D eigenvalue weighted by molar-refractivity contribution is 5.08. The number of rotatable bonds is 4. The maximum atomic E-state index is 5.88. The molecule has 1 aromatic rings. The smallest absolute Gasteiger partial charge is 0.118 e. The molecule has 2 atom stereocenters. The minimum atomic E-state index is 0.787. The molecule has 0 spiro atoms. The van der Waals surface area contributed by atoms with Gasteiger partial charge in [-0.3, -0.25) is 4.90 Å². The van der Waals surface area contributed by atoms with Crippen LogP contribution >= 0.6 is 0 Å². The molecule has 0 saturated carbocycles. The minimum absolute atomic E-state index is 0.787. The van der Waals surface area contributed by atoms with Gasteiger partial charge in [-0.2, -0.15) is 0 Å². The largest absolute Gasteiger partial charge is 0.465 e. The molecule has 0 aliphatic carbocycles. The van der Waals surface area contributed by atoms with E-state index in [-0.39, 0.29) is 0 Å². The van der Waals surface area contributed by atoms with Gasteiger partial charge in [0.25, 0.3) is 0 Å². The molecule has 2 aliphatic rings. The first-order valence-electron chi connectivity index (χ1n) is 7.26. The lowest BCUT2D eigenvalue weighted by Gasteiger charge is -2.19. The van der Waals surface area contributed by atoms with Gasteiger partial charge < -0.3 is 9.32 Å². The second-order valence-electron chi connectivity index (χ2n) is 5.91. The molecule has 2 saturated heterocycles. The van der Waals surface area contributed by atoms with Gasteiger partial charge in [-0.1, -0.05) is 6.92 Å². The summed E-state index contributed by atoms with van der Waals surface area (Å²) < 4.78 is 5.88. The molecule has 0 N–H and O–H groups in total. The molecule has 3 nitrogen and oxygen atoms in total. The van der Waals surface area contributed by atoms with Crippen LogP contribution in [0.5, 0.6) is 0 Å². The summed E-state index contributed by atoms with van der Waals surface area (Å²) in [5.74, 6) is 3.17. The number of furan rings is 1. The molecule has 0 radical (unpaired) electrons. The van der Waals surface area contributed by atoms with Gasteiger partial charge in [-0.25, -0.2) is 0 Å². The van der Waals surface area contributed by atoms with Crippen LogP contribution in [0.1, 0.15) is 31.3 Å². The van der Waals surface area contributed by atoms with E-state index < -0.39 is 0 Å².